The van der Waals surface area contributed by atoms with Crippen LogP contribution in [0.1, 0.15) is 11.1 Å². The van der Waals surface area contributed by atoms with E-state index in [1.54, 1.807) is 5.38 Å². The van der Waals surface area contributed by atoms with Gasteiger partial charge in [0, 0.05) is 17.0 Å². The molecule has 0 radical (unpaired) electrons. The van der Waals surface area contributed by atoms with Gasteiger partial charge in [-0.25, -0.2) is 0 Å². The Morgan fingerprint density at radius 3 is 2.67 bits per heavy atom. The molecule has 0 unspecified atom stereocenters. The summed E-state index contributed by atoms with van der Waals surface area (Å²) in [5.41, 5.74) is 1.98. The fourth-order valence-corrected chi connectivity index (χ4v) is 4.05. The van der Waals surface area contributed by atoms with Crippen molar-refractivity contribution in [2.75, 3.05) is 0 Å². The van der Waals surface area contributed by atoms with E-state index in [2.05, 4.69) is 0 Å². The van der Waals surface area contributed by atoms with Gasteiger partial charge in [-0.15, -0.1) is 23.4 Å². The van der Waals surface area contributed by atoms with Crippen LogP contribution >= 0.6 is 34.7 Å². The zero-order valence-electron chi connectivity index (χ0n) is 9.34. The Balaban J connectivity index is 2.17. The summed E-state index contributed by atoms with van der Waals surface area (Å²) in [7, 11) is 0. The van der Waals surface area contributed by atoms with Gasteiger partial charge in [0.25, 0.3) is 0 Å². The van der Waals surface area contributed by atoms with Crippen LogP contribution in [0.15, 0.2) is 40.6 Å². The number of nitro groups is 1. The fraction of sp³-hybridized carbons (Fsp3) is 0.167. The lowest BCUT2D eigenvalue weighted by Gasteiger charge is -2.02. The molecule has 94 valence electrons. The SMILES string of the molecule is O=[N+]([O-])c1scc(CCl)c1SCc1ccccc1. The third-order valence-corrected chi connectivity index (χ3v) is 4.95. The topological polar surface area (TPSA) is 43.1 Å². The molecule has 0 amide bonds. The number of rotatable bonds is 5. The first-order valence-corrected chi connectivity index (χ1v) is 7.59. The normalized spacial score (nSPS) is 10.5. The smallest absolute Gasteiger partial charge is 0.258 e. The lowest BCUT2D eigenvalue weighted by atomic mass is 10.2. The van der Waals surface area contributed by atoms with Gasteiger partial charge in [0.2, 0.25) is 0 Å². The van der Waals surface area contributed by atoms with Crippen molar-refractivity contribution in [2.24, 2.45) is 0 Å². The number of nitrogens with zero attached hydrogens (tertiary/aromatic N) is 1. The summed E-state index contributed by atoms with van der Waals surface area (Å²) in [6, 6.07) is 9.88. The van der Waals surface area contributed by atoms with Crippen LogP contribution in [0.25, 0.3) is 0 Å². The van der Waals surface area contributed by atoms with Gasteiger partial charge in [-0.2, -0.15) is 0 Å². The summed E-state index contributed by atoms with van der Waals surface area (Å²) in [5, 5.41) is 12.9. The van der Waals surface area contributed by atoms with E-state index < -0.39 is 0 Å². The number of hydrogen-bond donors (Lipinski definition) is 0. The van der Waals surface area contributed by atoms with Crippen molar-refractivity contribution < 1.29 is 4.92 Å². The Kier molecular flexibility index (Phi) is 4.63. The molecule has 2 rings (SSSR count). The van der Waals surface area contributed by atoms with E-state index in [4.69, 9.17) is 11.6 Å². The van der Waals surface area contributed by atoms with Crippen molar-refractivity contribution in [1.29, 1.82) is 0 Å². The summed E-state index contributed by atoms with van der Waals surface area (Å²) in [6.45, 7) is 0. The Morgan fingerprint density at radius 2 is 2.06 bits per heavy atom. The van der Waals surface area contributed by atoms with Gasteiger partial charge < -0.3 is 0 Å². The maximum Gasteiger partial charge on any atom is 0.337 e. The quantitative estimate of drug-likeness (QED) is 0.348. The highest BCUT2D eigenvalue weighted by molar-refractivity contribution is 7.98. The summed E-state index contributed by atoms with van der Waals surface area (Å²) in [4.78, 5) is 11.3. The summed E-state index contributed by atoms with van der Waals surface area (Å²) in [5.74, 6) is 1.02. The van der Waals surface area contributed by atoms with Crippen molar-refractivity contribution in [3.63, 3.8) is 0 Å². The standard InChI is InChI=1S/C12H10ClNO2S2/c13-6-10-8-18-12(14(15)16)11(10)17-7-9-4-2-1-3-5-9/h1-5,8H,6-7H2. The van der Waals surface area contributed by atoms with Crippen LogP contribution in [0.5, 0.6) is 0 Å². The van der Waals surface area contributed by atoms with Crippen LogP contribution in [-0.2, 0) is 11.6 Å². The number of benzene rings is 1. The van der Waals surface area contributed by atoms with Crippen LogP contribution in [0, 0.1) is 10.1 Å². The van der Waals surface area contributed by atoms with Gasteiger partial charge >= 0.3 is 5.00 Å². The van der Waals surface area contributed by atoms with Crippen LogP contribution in [0.3, 0.4) is 0 Å². The van der Waals surface area contributed by atoms with E-state index in [1.165, 1.54) is 11.8 Å². The minimum atomic E-state index is -0.339. The third-order valence-electron chi connectivity index (χ3n) is 2.33. The van der Waals surface area contributed by atoms with Gasteiger partial charge in [0.05, 0.1) is 4.92 Å². The summed E-state index contributed by atoms with van der Waals surface area (Å²) < 4.78 is 0. The lowest BCUT2D eigenvalue weighted by Crippen LogP contribution is -1.88. The first-order valence-electron chi connectivity index (χ1n) is 5.20. The summed E-state index contributed by atoms with van der Waals surface area (Å²) >= 11 is 8.41. The number of thioether (sulfide) groups is 1. The largest absolute Gasteiger partial charge is 0.337 e. The van der Waals surface area contributed by atoms with Crippen molar-refractivity contribution in [1.82, 2.24) is 0 Å². The fourth-order valence-electron chi connectivity index (χ4n) is 1.47. The molecule has 0 fully saturated rings. The highest BCUT2D eigenvalue weighted by atomic mass is 35.5. The molecule has 1 heterocycles. The Morgan fingerprint density at radius 1 is 1.33 bits per heavy atom. The Hall–Kier alpha value is -1.04. The molecule has 6 heteroatoms. The van der Waals surface area contributed by atoms with Crippen LogP contribution < -0.4 is 0 Å². The van der Waals surface area contributed by atoms with Gasteiger partial charge in [-0.1, -0.05) is 41.7 Å². The molecule has 0 saturated heterocycles. The van der Waals surface area contributed by atoms with E-state index >= 15 is 0 Å². The number of halogens is 1. The van der Waals surface area contributed by atoms with Crippen molar-refractivity contribution in [3.05, 3.63) is 57.0 Å². The molecule has 1 aromatic carbocycles. The second-order valence-electron chi connectivity index (χ2n) is 3.56. The van der Waals surface area contributed by atoms with Gasteiger partial charge in [-0.05, 0) is 11.1 Å². The van der Waals surface area contributed by atoms with Gasteiger partial charge in [0.15, 0.2) is 0 Å². The highest BCUT2D eigenvalue weighted by Crippen LogP contribution is 2.40. The number of alkyl halides is 1. The Labute approximate surface area is 118 Å². The minimum Gasteiger partial charge on any atom is -0.258 e. The monoisotopic (exact) mass is 299 g/mol. The van der Waals surface area contributed by atoms with E-state index in [1.807, 2.05) is 30.3 Å². The molecule has 0 aliphatic carbocycles. The van der Waals surface area contributed by atoms with Crippen molar-refractivity contribution >= 4 is 39.7 Å². The molecule has 0 saturated carbocycles. The molecule has 0 aliphatic heterocycles. The molecule has 2 aromatic rings. The molecule has 0 N–H and O–H groups in total. The zero-order chi connectivity index (χ0) is 13.0. The van der Waals surface area contributed by atoms with Gasteiger partial charge in [-0.3, -0.25) is 10.1 Å². The minimum absolute atomic E-state index is 0.187. The highest BCUT2D eigenvalue weighted by Gasteiger charge is 2.20. The van der Waals surface area contributed by atoms with E-state index in [-0.39, 0.29) is 9.92 Å². The van der Waals surface area contributed by atoms with Gasteiger partial charge in [0.1, 0.15) is 4.90 Å². The van der Waals surface area contributed by atoms with Crippen molar-refractivity contribution in [3.8, 4) is 0 Å². The molecule has 3 nitrogen and oxygen atoms in total. The van der Waals surface area contributed by atoms with E-state index in [0.29, 0.717) is 16.5 Å². The van der Waals surface area contributed by atoms with Crippen LogP contribution in [0.2, 0.25) is 0 Å². The predicted molar refractivity (Wildman–Crippen MR) is 76.5 cm³/mol. The second-order valence-corrected chi connectivity index (χ2v) is 5.67. The molecule has 18 heavy (non-hydrogen) atoms. The first-order chi connectivity index (χ1) is 8.72. The van der Waals surface area contributed by atoms with Crippen LogP contribution in [-0.4, -0.2) is 4.92 Å². The Bertz CT molecular complexity index is 542. The first kappa shape index (κ1) is 13.4. The average molecular weight is 300 g/mol. The maximum atomic E-state index is 10.9. The van der Waals surface area contributed by atoms with Crippen molar-refractivity contribution in [2.45, 2.75) is 16.5 Å². The average Bonchev–Trinajstić information content (AvgIpc) is 2.80. The molecular weight excluding hydrogens is 290 g/mol. The summed E-state index contributed by atoms with van der Waals surface area (Å²) in [6.07, 6.45) is 0. The molecular formula is C12H10ClNO2S2. The molecule has 0 atom stereocenters. The number of thiophene rings is 1. The third kappa shape index (κ3) is 3.04. The van der Waals surface area contributed by atoms with E-state index in [0.717, 1.165) is 22.5 Å². The molecule has 0 bridgehead atoms. The second kappa shape index (κ2) is 6.22. The van der Waals surface area contributed by atoms with Crippen LogP contribution in [0.4, 0.5) is 5.00 Å². The molecule has 1 aromatic heterocycles. The molecule has 0 aliphatic rings. The zero-order valence-corrected chi connectivity index (χ0v) is 11.7. The predicted octanol–water partition coefficient (Wildman–Crippen LogP) is 4.69. The lowest BCUT2D eigenvalue weighted by molar-refractivity contribution is -0.382. The van der Waals surface area contributed by atoms with E-state index in [9.17, 15) is 10.1 Å². The molecule has 0 spiro atoms. The maximum absolute atomic E-state index is 10.9. The number of hydrogen-bond acceptors (Lipinski definition) is 4.